The molecule has 2 heterocycles. The van der Waals surface area contributed by atoms with E-state index < -0.39 is 5.97 Å². The number of aryl methyl sites for hydroxylation is 1. The van der Waals surface area contributed by atoms with Crippen LogP contribution in [0, 0.1) is 6.92 Å². The van der Waals surface area contributed by atoms with Gasteiger partial charge in [-0.1, -0.05) is 11.8 Å². The maximum Gasteiger partial charge on any atom is 0.373 e. The van der Waals surface area contributed by atoms with Crippen LogP contribution in [-0.2, 0) is 4.74 Å². The largest absolute Gasteiger partial charge is 0.463 e. The number of aromatic nitrogens is 2. The minimum absolute atomic E-state index is 0.0467. The fraction of sp³-hybridized carbons (Fsp3) is 0.308. The van der Waals surface area contributed by atoms with Gasteiger partial charge in [-0.25, -0.2) is 14.8 Å². The first-order valence-corrected chi connectivity index (χ1v) is 6.83. The van der Waals surface area contributed by atoms with Gasteiger partial charge in [-0.2, -0.15) is 0 Å². The van der Waals surface area contributed by atoms with E-state index in [1.165, 1.54) is 18.9 Å². The van der Waals surface area contributed by atoms with E-state index in [4.69, 9.17) is 10.2 Å². The summed E-state index contributed by atoms with van der Waals surface area (Å²) in [4.78, 5) is 19.8. The molecule has 0 aliphatic carbocycles. The average Bonchev–Trinajstić information content (AvgIpc) is 2.86. The molecule has 0 aromatic carbocycles. The number of rotatable bonds is 4. The predicted molar refractivity (Wildman–Crippen MR) is 75.5 cm³/mol. The maximum atomic E-state index is 11.3. The zero-order valence-corrected chi connectivity index (χ0v) is 12.2. The monoisotopic (exact) mass is 293 g/mol. The molecule has 0 bridgehead atoms. The van der Waals surface area contributed by atoms with E-state index in [0.29, 0.717) is 16.7 Å². The zero-order chi connectivity index (χ0) is 14.7. The van der Waals surface area contributed by atoms with Gasteiger partial charge in [0.1, 0.15) is 11.6 Å². The highest BCUT2D eigenvalue weighted by atomic mass is 32.2. The lowest BCUT2D eigenvalue weighted by molar-refractivity contribution is 0.0563. The normalized spacial score (nSPS) is 12.2. The molecule has 0 amide bonds. The van der Waals surface area contributed by atoms with Crippen LogP contribution >= 0.6 is 11.8 Å². The van der Waals surface area contributed by atoms with Crippen molar-refractivity contribution in [2.24, 2.45) is 0 Å². The van der Waals surface area contributed by atoms with Crippen molar-refractivity contribution >= 4 is 23.5 Å². The molecule has 0 spiro atoms. The number of hydrogen-bond donors (Lipinski definition) is 1. The fourth-order valence-corrected chi connectivity index (χ4v) is 2.53. The first-order chi connectivity index (χ1) is 9.49. The van der Waals surface area contributed by atoms with Gasteiger partial charge in [0, 0.05) is 11.8 Å². The highest BCUT2D eigenvalue weighted by Gasteiger charge is 2.17. The van der Waals surface area contributed by atoms with Crippen molar-refractivity contribution in [2.45, 2.75) is 24.3 Å². The van der Waals surface area contributed by atoms with Crippen LogP contribution < -0.4 is 5.73 Å². The summed E-state index contributed by atoms with van der Waals surface area (Å²) in [5.41, 5.74) is 6.49. The Morgan fingerprint density at radius 2 is 2.20 bits per heavy atom. The third-order valence-electron chi connectivity index (χ3n) is 2.55. The molecule has 20 heavy (non-hydrogen) atoms. The molecule has 0 aliphatic rings. The molecular weight excluding hydrogens is 278 g/mol. The molecule has 0 saturated heterocycles. The lowest BCUT2D eigenvalue weighted by Gasteiger charge is -2.08. The van der Waals surface area contributed by atoms with Crippen LogP contribution in [0.4, 0.5) is 5.82 Å². The van der Waals surface area contributed by atoms with Crippen molar-refractivity contribution < 1.29 is 13.9 Å². The lowest BCUT2D eigenvalue weighted by Crippen LogP contribution is -1.99. The van der Waals surface area contributed by atoms with Crippen LogP contribution in [0.2, 0.25) is 0 Å². The number of methoxy groups -OCH3 is 1. The van der Waals surface area contributed by atoms with Crippen LogP contribution in [0.5, 0.6) is 0 Å². The Kier molecular flexibility index (Phi) is 4.29. The molecule has 0 fully saturated rings. The van der Waals surface area contributed by atoms with E-state index in [1.54, 1.807) is 18.2 Å². The summed E-state index contributed by atoms with van der Waals surface area (Å²) in [5.74, 6) is 0.769. The number of hydrogen-bond acceptors (Lipinski definition) is 7. The first kappa shape index (κ1) is 14.4. The molecule has 7 heteroatoms. The number of anilines is 1. The van der Waals surface area contributed by atoms with Crippen molar-refractivity contribution in [3.8, 4) is 0 Å². The number of carbonyl (C=O) groups is 1. The molecule has 1 atom stereocenters. The number of ether oxygens (including phenoxy) is 1. The number of esters is 1. The van der Waals surface area contributed by atoms with E-state index in [2.05, 4.69) is 14.7 Å². The quantitative estimate of drug-likeness (QED) is 0.526. The minimum Gasteiger partial charge on any atom is -0.463 e. The Morgan fingerprint density at radius 3 is 2.85 bits per heavy atom. The van der Waals surface area contributed by atoms with Gasteiger partial charge >= 0.3 is 5.97 Å². The van der Waals surface area contributed by atoms with Gasteiger partial charge in [-0.05, 0) is 26.0 Å². The van der Waals surface area contributed by atoms with E-state index in [0.717, 1.165) is 5.69 Å². The molecular formula is C13H15N3O3S. The molecule has 2 aromatic rings. The Bertz CT molecular complexity index is 607. The summed E-state index contributed by atoms with van der Waals surface area (Å²) in [6, 6.07) is 5.03. The van der Waals surface area contributed by atoms with E-state index in [1.807, 2.05) is 13.8 Å². The van der Waals surface area contributed by atoms with Crippen LogP contribution in [0.1, 0.15) is 34.2 Å². The minimum atomic E-state index is -0.496. The van der Waals surface area contributed by atoms with Crippen molar-refractivity contribution in [1.29, 1.82) is 0 Å². The number of thioether (sulfide) groups is 1. The van der Waals surface area contributed by atoms with Crippen LogP contribution in [-0.4, -0.2) is 23.0 Å². The van der Waals surface area contributed by atoms with Gasteiger partial charge in [-0.15, -0.1) is 0 Å². The standard InChI is InChI=1S/C13H15N3O3S/c1-7-6-11(14)16-13(15-7)20-8(2)9-4-5-10(19-9)12(17)18-3/h4-6,8H,1-3H3,(H2,14,15,16)/t8-/m0/s1. The lowest BCUT2D eigenvalue weighted by atomic mass is 10.3. The molecule has 2 N–H and O–H groups in total. The number of nitrogens with zero attached hydrogens (tertiary/aromatic N) is 2. The van der Waals surface area contributed by atoms with Crippen LogP contribution in [0.15, 0.2) is 27.8 Å². The van der Waals surface area contributed by atoms with Crippen LogP contribution in [0.3, 0.4) is 0 Å². The van der Waals surface area contributed by atoms with E-state index in [-0.39, 0.29) is 11.0 Å². The maximum absolute atomic E-state index is 11.3. The summed E-state index contributed by atoms with van der Waals surface area (Å²) in [7, 11) is 1.31. The third-order valence-corrected chi connectivity index (χ3v) is 3.53. The van der Waals surface area contributed by atoms with Crippen LogP contribution in [0.25, 0.3) is 0 Å². The smallest absolute Gasteiger partial charge is 0.373 e. The summed E-state index contributed by atoms with van der Waals surface area (Å²) in [6.07, 6.45) is 0. The highest BCUT2D eigenvalue weighted by Crippen LogP contribution is 2.34. The number of nitrogen functional groups attached to an aromatic ring is 1. The second-order valence-corrected chi connectivity index (χ2v) is 5.48. The Hall–Kier alpha value is -2.02. The van der Waals surface area contributed by atoms with Gasteiger partial charge in [0.05, 0.1) is 12.4 Å². The average molecular weight is 293 g/mol. The Morgan fingerprint density at radius 1 is 1.45 bits per heavy atom. The highest BCUT2D eigenvalue weighted by molar-refractivity contribution is 7.99. The molecule has 0 saturated carbocycles. The fourth-order valence-electron chi connectivity index (χ4n) is 1.62. The Balaban J connectivity index is 2.13. The van der Waals surface area contributed by atoms with Gasteiger partial charge in [0.2, 0.25) is 5.76 Å². The topological polar surface area (TPSA) is 91.2 Å². The van der Waals surface area contributed by atoms with Gasteiger partial charge in [0.15, 0.2) is 5.16 Å². The van der Waals surface area contributed by atoms with E-state index in [9.17, 15) is 4.79 Å². The van der Waals surface area contributed by atoms with Crippen molar-refractivity contribution in [1.82, 2.24) is 9.97 Å². The van der Waals surface area contributed by atoms with Crippen molar-refractivity contribution in [3.05, 3.63) is 35.4 Å². The molecule has 2 aromatic heterocycles. The van der Waals surface area contributed by atoms with E-state index >= 15 is 0 Å². The summed E-state index contributed by atoms with van der Waals surface area (Å²) in [6.45, 7) is 3.79. The van der Waals surface area contributed by atoms with Gasteiger partial charge in [-0.3, -0.25) is 0 Å². The number of carbonyl (C=O) groups excluding carboxylic acids is 1. The molecule has 0 aliphatic heterocycles. The first-order valence-electron chi connectivity index (χ1n) is 5.95. The van der Waals surface area contributed by atoms with Gasteiger partial charge in [0.25, 0.3) is 0 Å². The Labute approximate surface area is 120 Å². The van der Waals surface area contributed by atoms with Gasteiger partial charge < -0.3 is 14.9 Å². The number of furan rings is 1. The molecule has 2 rings (SSSR count). The summed E-state index contributed by atoms with van der Waals surface area (Å²) < 4.78 is 10.0. The summed E-state index contributed by atoms with van der Waals surface area (Å²) in [5, 5.41) is 0.528. The predicted octanol–water partition coefficient (Wildman–Crippen LogP) is 2.60. The summed E-state index contributed by atoms with van der Waals surface area (Å²) >= 11 is 1.41. The number of nitrogens with two attached hydrogens (primary N) is 1. The molecule has 6 nitrogen and oxygen atoms in total. The SMILES string of the molecule is COC(=O)c1ccc([C@H](C)Sc2nc(C)cc(N)n2)o1. The molecule has 0 radical (unpaired) electrons. The molecule has 0 unspecified atom stereocenters. The second-order valence-electron chi connectivity index (χ2n) is 4.17. The van der Waals surface area contributed by atoms with Crippen molar-refractivity contribution in [3.63, 3.8) is 0 Å². The van der Waals surface area contributed by atoms with Crippen molar-refractivity contribution in [2.75, 3.05) is 12.8 Å². The third kappa shape index (κ3) is 3.30. The zero-order valence-electron chi connectivity index (χ0n) is 11.4. The second kappa shape index (κ2) is 5.96. The molecule has 106 valence electrons.